The van der Waals surface area contributed by atoms with E-state index < -0.39 is 0 Å². The van der Waals surface area contributed by atoms with Crippen molar-refractivity contribution in [2.45, 2.75) is 6.42 Å². The summed E-state index contributed by atoms with van der Waals surface area (Å²) in [6.45, 7) is -0.0781. The molecule has 0 saturated carbocycles. The van der Waals surface area contributed by atoms with Gasteiger partial charge in [0.25, 0.3) is 5.91 Å². The standard InChI is InChI=1S/C20H18N4O5/c1-24-15-5-3-4-14(19(15)28-11-18(24)26)21-16(25)10-17-22-20(23-29-17)12-6-8-13(27-2)9-7-12/h3-9H,10-11H2,1-2H3,(H,21,25). The summed E-state index contributed by atoms with van der Waals surface area (Å²) < 4.78 is 15.8. The van der Waals surface area contributed by atoms with Gasteiger partial charge in [0, 0.05) is 12.6 Å². The van der Waals surface area contributed by atoms with Crippen LogP contribution in [0.15, 0.2) is 47.0 Å². The Morgan fingerprint density at radius 2 is 2.03 bits per heavy atom. The summed E-state index contributed by atoms with van der Waals surface area (Å²) in [5, 5.41) is 6.69. The van der Waals surface area contributed by atoms with Gasteiger partial charge in [0.15, 0.2) is 12.4 Å². The van der Waals surface area contributed by atoms with E-state index in [-0.39, 0.29) is 30.7 Å². The van der Waals surface area contributed by atoms with Gasteiger partial charge in [-0.05, 0) is 36.4 Å². The van der Waals surface area contributed by atoms with E-state index in [1.807, 2.05) is 0 Å². The van der Waals surface area contributed by atoms with E-state index in [9.17, 15) is 9.59 Å². The molecule has 0 unspecified atom stereocenters. The maximum absolute atomic E-state index is 12.5. The number of carbonyl (C=O) groups is 2. The number of fused-ring (bicyclic) bond motifs is 1. The molecule has 2 amide bonds. The van der Waals surface area contributed by atoms with Crippen LogP contribution in [-0.2, 0) is 16.0 Å². The van der Waals surface area contributed by atoms with Gasteiger partial charge in [0.2, 0.25) is 17.6 Å². The van der Waals surface area contributed by atoms with Crippen molar-refractivity contribution < 1.29 is 23.6 Å². The number of methoxy groups -OCH3 is 1. The summed E-state index contributed by atoms with van der Waals surface area (Å²) >= 11 is 0. The van der Waals surface area contributed by atoms with Gasteiger partial charge in [-0.3, -0.25) is 9.59 Å². The second kappa shape index (κ2) is 7.63. The summed E-state index contributed by atoms with van der Waals surface area (Å²) in [4.78, 5) is 30.0. The molecule has 1 aromatic heterocycles. The molecular weight excluding hydrogens is 376 g/mol. The van der Waals surface area contributed by atoms with Gasteiger partial charge in [0.1, 0.15) is 12.2 Å². The number of anilines is 2. The van der Waals surface area contributed by atoms with E-state index >= 15 is 0 Å². The lowest BCUT2D eigenvalue weighted by atomic mass is 10.2. The number of amides is 2. The van der Waals surface area contributed by atoms with Crippen molar-refractivity contribution in [3.05, 3.63) is 48.4 Å². The Morgan fingerprint density at radius 1 is 1.24 bits per heavy atom. The van der Waals surface area contributed by atoms with Crippen molar-refractivity contribution in [1.29, 1.82) is 0 Å². The average Bonchev–Trinajstić information content (AvgIpc) is 3.19. The van der Waals surface area contributed by atoms with Crippen molar-refractivity contribution in [1.82, 2.24) is 10.1 Å². The molecule has 2 aromatic carbocycles. The van der Waals surface area contributed by atoms with Crippen LogP contribution in [0.4, 0.5) is 11.4 Å². The number of ether oxygens (including phenoxy) is 2. The third-order valence-electron chi connectivity index (χ3n) is 4.47. The van der Waals surface area contributed by atoms with Crippen LogP contribution in [0.5, 0.6) is 11.5 Å². The van der Waals surface area contributed by atoms with Crippen molar-refractivity contribution in [3.8, 4) is 22.9 Å². The Morgan fingerprint density at radius 3 is 2.79 bits per heavy atom. The Balaban J connectivity index is 1.46. The largest absolute Gasteiger partial charge is 0.497 e. The molecule has 29 heavy (non-hydrogen) atoms. The maximum Gasteiger partial charge on any atom is 0.264 e. The monoisotopic (exact) mass is 394 g/mol. The summed E-state index contributed by atoms with van der Waals surface area (Å²) in [6.07, 6.45) is -0.0956. The number of nitrogens with one attached hydrogen (secondary N) is 1. The molecular formula is C20H18N4O5. The van der Waals surface area contributed by atoms with E-state index in [1.54, 1.807) is 56.6 Å². The molecule has 2 heterocycles. The Bertz CT molecular complexity index is 1060. The molecule has 1 N–H and O–H groups in total. The summed E-state index contributed by atoms with van der Waals surface area (Å²) in [5.41, 5.74) is 1.82. The molecule has 9 heteroatoms. The number of aromatic nitrogens is 2. The fraction of sp³-hybridized carbons (Fsp3) is 0.200. The molecule has 4 rings (SSSR count). The molecule has 0 fully saturated rings. The highest BCUT2D eigenvalue weighted by atomic mass is 16.5. The van der Waals surface area contributed by atoms with Crippen molar-refractivity contribution in [2.75, 3.05) is 31.0 Å². The zero-order valence-electron chi connectivity index (χ0n) is 15.8. The van der Waals surface area contributed by atoms with Crippen LogP contribution in [-0.4, -0.2) is 42.7 Å². The highest BCUT2D eigenvalue weighted by molar-refractivity contribution is 6.01. The lowest BCUT2D eigenvalue weighted by molar-refractivity contribution is -0.121. The first-order valence-corrected chi connectivity index (χ1v) is 8.84. The van der Waals surface area contributed by atoms with Crippen LogP contribution < -0.4 is 19.7 Å². The zero-order valence-corrected chi connectivity index (χ0v) is 15.8. The number of carbonyl (C=O) groups excluding carboxylic acids is 2. The number of likely N-dealkylation sites (N-methyl/N-ethyl adjacent to an activating group) is 1. The van der Waals surface area contributed by atoms with Gasteiger partial charge in [-0.25, -0.2) is 0 Å². The van der Waals surface area contributed by atoms with Crippen LogP contribution in [0, 0.1) is 0 Å². The second-order valence-corrected chi connectivity index (χ2v) is 6.36. The number of hydrogen-bond acceptors (Lipinski definition) is 7. The van der Waals surface area contributed by atoms with E-state index in [4.69, 9.17) is 14.0 Å². The van der Waals surface area contributed by atoms with Gasteiger partial charge in [-0.1, -0.05) is 11.2 Å². The highest BCUT2D eigenvalue weighted by Gasteiger charge is 2.25. The topological polar surface area (TPSA) is 107 Å². The van der Waals surface area contributed by atoms with Gasteiger partial charge < -0.3 is 24.2 Å². The molecule has 1 aliphatic heterocycles. The molecule has 0 radical (unpaired) electrons. The minimum absolute atomic E-state index is 0.0781. The van der Waals surface area contributed by atoms with Crippen molar-refractivity contribution >= 4 is 23.2 Å². The highest BCUT2D eigenvalue weighted by Crippen LogP contribution is 2.38. The van der Waals surface area contributed by atoms with E-state index in [0.29, 0.717) is 22.9 Å². The molecule has 0 spiro atoms. The maximum atomic E-state index is 12.5. The van der Waals surface area contributed by atoms with Crippen LogP contribution in [0.25, 0.3) is 11.4 Å². The lowest BCUT2D eigenvalue weighted by Crippen LogP contribution is -2.35. The fourth-order valence-electron chi connectivity index (χ4n) is 2.92. The summed E-state index contributed by atoms with van der Waals surface area (Å²) in [7, 11) is 3.25. The predicted octanol–water partition coefficient (Wildman–Crippen LogP) is 2.28. The fourth-order valence-corrected chi connectivity index (χ4v) is 2.92. The number of nitrogens with zero attached hydrogens (tertiary/aromatic N) is 3. The van der Waals surface area contributed by atoms with E-state index in [2.05, 4.69) is 15.5 Å². The summed E-state index contributed by atoms with van der Waals surface area (Å²) in [5.74, 6) is 1.25. The average molecular weight is 394 g/mol. The van der Waals surface area contributed by atoms with Crippen molar-refractivity contribution in [2.24, 2.45) is 0 Å². The van der Waals surface area contributed by atoms with Crippen LogP contribution >= 0.6 is 0 Å². The summed E-state index contributed by atoms with van der Waals surface area (Å²) in [6, 6.07) is 12.4. The molecule has 0 saturated heterocycles. The minimum Gasteiger partial charge on any atom is -0.497 e. The van der Waals surface area contributed by atoms with Gasteiger partial charge in [-0.2, -0.15) is 4.98 Å². The first-order valence-electron chi connectivity index (χ1n) is 8.84. The number of rotatable bonds is 5. The van der Waals surface area contributed by atoms with Crippen molar-refractivity contribution in [3.63, 3.8) is 0 Å². The van der Waals surface area contributed by atoms with Crippen LogP contribution in [0.1, 0.15) is 5.89 Å². The Kier molecular flexibility index (Phi) is 4.86. The number of para-hydroxylation sites is 1. The van der Waals surface area contributed by atoms with E-state index in [0.717, 1.165) is 11.3 Å². The van der Waals surface area contributed by atoms with Gasteiger partial charge >= 0.3 is 0 Å². The molecule has 148 valence electrons. The first-order chi connectivity index (χ1) is 14.0. The molecule has 9 nitrogen and oxygen atoms in total. The lowest BCUT2D eigenvalue weighted by Gasteiger charge is -2.27. The molecule has 0 atom stereocenters. The van der Waals surface area contributed by atoms with Gasteiger partial charge in [0.05, 0.1) is 18.5 Å². The van der Waals surface area contributed by atoms with Gasteiger partial charge in [-0.15, -0.1) is 0 Å². The predicted molar refractivity (Wildman–Crippen MR) is 104 cm³/mol. The molecule has 1 aliphatic rings. The Labute approximate surface area is 166 Å². The van der Waals surface area contributed by atoms with E-state index in [1.165, 1.54) is 4.90 Å². The third kappa shape index (κ3) is 3.75. The normalized spacial score (nSPS) is 12.9. The quantitative estimate of drug-likeness (QED) is 0.707. The second-order valence-electron chi connectivity index (χ2n) is 6.36. The first kappa shape index (κ1) is 18.5. The third-order valence-corrected chi connectivity index (χ3v) is 4.47. The van der Waals surface area contributed by atoms with Crippen LogP contribution in [0.3, 0.4) is 0 Å². The smallest absolute Gasteiger partial charge is 0.264 e. The number of benzene rings is 2. The Hall–Kier alpha value is -3.88. The number of hydrogen-bond donors (Lipinski definition) is 1. The molecule has 3 aromatic rings. The molecule has 0 aliphatic carbocycles. The molecule has 0 bridgehead atoms. The zero-order chi connectivity index (χ0) is 20.4. The SMILES string of the molecule is COc1ccc(-c2noc(CC(=O)Nc3cccc4c3OCC(=O)N4C)n2)cc1. The van der Waals surface area contributed by atoms with Crippen LogP contribution in [0.2, 0.25) is 0 Å². The minimum atomic E-state index is -0.341.